The summed E-state index contributed by atoms with van der Waals surface area (Å²) < 4.78 is 12.5. The van der Waals surface area contributed by atoms with E-state index < -0.39 is 8.32 Å². The first-order valence-electron chi connectivity index (χ1n) is 10.4. The third kappa shape index (κ3) is 7.09. The molecule has 28 heavy (non-hydrogen) atoms. The van der Waals surface area contributed by atoms with Crippen LogP contribution in [0.5, 0.6) is 0 Å². The number of rotatable bonds is 11. The van der Waals surface area contributed by atoms with Crippen LogP contribution in [0, 0.1) is 0 Å². The summed E-state index contributed by atoms with van der Waals surface area (Å²) >= 11 is 1.61. The van der Waals surface area contributed by atoms with Crippen molar-refractivity contribution in [3.63, 3.8) is 0 Å². The van der Waals surface area contributed by atoms with Gasteiger partial charge in [-0.2, -0.15) is 0 Å². The third-order valence-electron chi connectivity index (χ3n) is 5.75. The van der Waals surface area contributed by atoms with E-state index in [-0.39, 0.29) is 11.1 Å². The van der Waals surface area contributed by atoms with Crippen molar-refractivity contribution < 1.29 is 8.84 Å². The molecule has 1 atom stereocenters. The predicted octanol–water partition coefficient (Wildman–Crippen LogP) is 7.65. The molecule has 0 radical (unpaired) electrons. The SMILES string of the molecule is CSc1coc(C(CCCCCCc2ccccc2)O[Si](C)(C)C(C)(C)C)n1. The number of unbranched alkanes of at least 4 members (excludes halogenated alkanes) is 3. The second kappa shape index (κ2) is 10.7. The van der Waals surface area contributed by atoms with Gasteiger partial charge in [0.1, 0.15) is 17.4 Å². The zero-order valence-electron chi connectivity index (χ0n) is 18.5. The Hall–Kier alpha value is -1.04. The molecule has 1 unspecified atom stereocenters. The summed E-state index contributed by atoms with van der Waals surface area (Å²) in [6.45, 7) is 11.4. The van der Waals surface area contributed by atoms with Crippen LogP contribution in [0.25, 0.3) is 0 Å². The zero-order chi connectivity index (χ0) is 20.6. The van der Waals surface area contributed by atoms with E-state index in [9.17, 15) is 0 Å². The summed E-state index contributed by atoms with van der Waals surface area (Å²) in [5.74, 6) is 0.749. The van der Waals surface area contributed by atoms with Crippen molar-refractivity contribution in [2.24, 2.45) is 0 Å². The molecule has 0 aliphatic heterocycles. The lowest BCUT2D eigenvalue weighted by atomic mass is 10.0. The third-order valence-corrected chi connectivity index (χ3v) is 10.8. The van der Waals surface area contributed by atoms with Crippen LogP contribution in [0.1, 0.15) is 70.4 Å². The van der Waals surface area contributed by atoms with Gasteiger partial charge in [0.05, 0.1) is 0 Å². The Morgan fingerprint density at radius 2 is 1.75 bits per heavy atom. The largest absolute Gasteiger partial charge is 0.445 e. The molecular weight excluding hydrogens is 382 g/mol. The summed E-state index contributed by atoms with van der Waals surface area (Å²) in [5.41, 5.74) is 1.44. The highest BCUT2D eigenvalue weighted by Crippen LogP contribution is 2.41. The molecule has 2 aromatic rings. The molecule has 0 aliphatic rings. The van der Waals surface area contributed by atoms with E-state index >= 15 is 0 Å². The van der Waals surface area contributed by atoms with Crippen molar-refractivity contribution in [3.05, 3.63) is 48.0 Å². The van der Waals surface area contributed by atoms with Gasteiger partial charge in [0, 0.05) is 0 Å². The van der Waals surface area contributed by atoms with Gasteiger partial charge < -0.3 is 8.84 Å². The van der Waals surface area contributed by atoms with E-state index in [4.69, 9.17) is 8.84 Å². The summed E-state index contributed by atoms with van der Waals surface area (Å²) in [6, 6.07) is 10.8. The molecule has 1 aromatic heterocycles. The van der Waals surface area contributed by atoms with E-state index in [1.165, 1.54) is 31.2 Å². The minimum absolute atomic E-state index is 0.0316. The van der Waals surface area contributed by atoms with Gasteiger partial charge in [-0.3, -0.25) is 0 Å². The molecule has 0 fully saturated rings. The van der Waals surface area contributed by atoms with Crippen molar-refractivity contribution in [2.75, 3.05) is 6.26 Å². The monoisotopic (exact) mass is 419 g/mol. The van der Waals surface area contributed by atoms with Crippen molar-refractivity contribution in [2.45, 2.75) is 88.6 Å². The Balaban J connectivity index is 1.87. The van der Waals surface area contributed by atoms with Gasteiger partial charge in [-0.1, -0.05) is 70.4 Å². The number of hydrogen-bond acceptors (Lipinski definition) is 4. The quantitative estimate of drug-likeness (QED) is 0.213. The summed E-state index contributed by atoms with van der Waals surface area (Å²) in [7, 11) is -1.88. The molecule has 5 heteroatoms. The predicted molar refractivity (Wildman–Crippen MR) is 123 cm³/mol. The molecule has 0 N–H and O–H groups in total. The minimum atomic E-state index is -1.88. The highest BCUT2D eigenvalue weighted by atomic mass is 32.2. The molecule has 0 aliphatic carbocycles. The van der Waals surface area contributed by atoms with Crippen LogP contribution in [0.2, 0.25) is 18.1 Å². The summed E-state index contributed by atoms with van der Waals surface area (Å²) in [4.78, 5) is 4.64. The van der Waals surface area contributed by atoms with Gasteiger partial charge >= 0.3 is 0 Å². The molecule has 1 aromatic carbocycles. The molecule has 0 saturated carbocycles. The van der Waals surface area contributed by atoms with Crippen molar-refractivity contribution in [1.82, 2.24) is 4.98 Å². The smallest absolute Gasteiger partial charge is 0.223 e. The average molecular weight is 420 g/mol. The van der Waals surface area contributed by atoms with E-state index in [1.807, 2.05) is 6.26 Å². The summed E-state index contributed by atoms with van der Waals surface area (Å²) in [6.07, 6.45) is 10.8. The minimum Gasteiger partial charge on any atom is -0.445 e. The molecule has 3 nitrogen and oxygen atoms in total. The van der Waals surface area contributed by atoms with E-state index in [0.717, 1.165) is 23.8 Å². The molecule has 0 spiro atoms. The van der Waals surface area contributed by atoms with E-state index in [0.29, 0.717) is 0 Å². The second-order valence-electron chi connectivity index (χ2n) is 9.03. The first-order valence-corrected chi connectivity index (χ1v) is 14.6. The molecule has 156 valence electrons. The number of nitrogens with zero attached hydrogens (tertiary/aromatic N) is 1. The molecule has 1 heterocycles. The molecule has 0 saturated heterocycles. The van der Waals surface area contributed by atoms with Crippen LogP contribution in [-0.4, -0.2) is 19.6 Å². The van der Waals surface area contributed by atoms with E-state index in [2.05, 4.69) is 69.2 Å². The maximum atomic E-state index is 6.70. The highest BCUT2D eigenvalue weighted by molar-refractivity contribution is 7.98. The Morgan fingerprint density at radius 3 is 2.36 bits per heavy atom. The Labute approximate surface area is 176 Å². The van der Waals surface area contributed by atoms with Crippen LogP contribution in [0.3, 0.4) is 0 Å². The maximum absolute atomic E-state index is 6.70. The Morgan fingerprint density at radius 1 is 1.07 bits per heavy atom. The van der Waals surface area contributed by atoms with Crippen LogP contribution in [-0.2, 0) is 10.8 Å². The number of benzene rings is 1. The van der Waals surface area contributed by atoms with Crippen LogP contribution in [0.15, 0.2) is 46.0 Å². The zero-order valence-corrected chi connectivity index (χ0v) is 20.3. The second-order valence-corrected chi connectivity index (χ2v) is 14.6. The van der Waals surface area contributed by atoms with Crippen molar-refractivity contribution >= 4 is 20.1 Å². The topological polar surface area (TPSA) is 35.3 Å². The fourth-order valence-electron chi connectivity index (χ4n) is 2.94. The van der Waals surface area contributed by atoms with Crippen molar-refractivity contribution in [3.8, 4) is 0 Å². The Bertz CT molecular complexity index is 694. The fraction of sp³-hybridized carbons (Fsp3) is 0.609. The van der Waals surface area contributed by atoms with Crippen LogP contribution >= 0.6 is 11.8 Å². The number of hydrogen-bond donors (Lipinski definition) is 0. The molecule has 0 amide bonds. The van der Waals surface area contributed by atoms with Gasteiger partial charge in [0.15, 0.2) is 8.32 Å². The van der Waals surface area contributed by atoms with E-state index in [1.54, 1.807) is 18.0 Å². The first-order chi connectivity index (χ1) is 13.2. The standard InChI is InChI=1S/C23H37NO2SSi/c1-23(2,3)28(5,6)26-20(22-24-21(27-4)18-25-22)17-13-8-7-10-14-19-15-11-9-12-16-19/h9,11-12,15-16,18,20H,7-8,10,13-14,17H2,1-6H3. The lowest BCUT2D eigenvalue weighted by molar-refractivity contribution is 0.138. The molecule has 2 rings (SSSR count). The molecular formula is C23H37NO2SSi. The van der Waals surface area contributed by atoms with Gasteiger partial charge in [0.2, 0.25) is 5.89 Å². The lowest BCUT2D eigenvalue weighted by Crippen LogP contribution is -2.41. The van der Waals surface area contributed by atoms with Gasteiger partial charge in [0.25, 0.3) is 0 Å². The number of oxazole rings is 1. The van der Waals surface area contributed by atoms with Gasteiger partial charge in [-0.15, -0.1) is 11.8 Å². The van der Waals surface area contributed by atoms with Crippen molar-refractivity contribution in [1.29, 1.82) is 0 Å². The van der Waals surface area contributed by atoms with Crippen LogP contribution in [0.4, 0.5) is 0 Å². The maximum Gasteiger partial charge on any atom is 0.223 e. The normalized spacial score (nSPS) is 13.6. The number of thioether (sulfide) groups is 1. The lowest BCUT2D eigenvalue weighted by Gasteiger charge is -2.38. The van der Waals surface area contributed by atoms with Gasteiger partial charge in [-0.05, 0) is 49.2 Å². The average Bonchev–Trinajstić information content (AvgIpc) is 3.12. The first kappa shape index (κ1) is 23.2. The number of aryl methyl sites for hydroxylation is 1. The van der Waals surface area contributed by atoms with Gasteiger partial charge in [-0.25, -0.2) is 4.98 Å². The molecule has 0 bridgehead atoms. The van der Waals surface area contributed by atoms with Crippen LogP contribution < -0.4 is 0 Å². The highest BCUT2D eigenvalue weighted by Gasteiger charge is 2.40. The number of aromatic nitrogens is 1. The summed E-state index contributed by atoms with van der Waals surface area (Å²) in [5, 5.41) is 1.11. The Kier molecular flexibility index (Phi) is 8.84. The fourth-order valence-corrected chi connectivity index (χ4v) is 4.55.